The molecule has 0 bridgehead atoms. The van der Waals surface area contributed by atoms with Crippen LogP contribution in [0, 0.1) is 0 Å². The zero-order valence-electron chi connectivity index (χ0n) is 12.5. The monoisotopic (exact) mass is 312 g/mol. The summed E-state index contributed by atoms with van der Waals surface area (Å²) in [4.78, 5) is 2.12. The van der Waals surface area contributed by atoms with Gasteiger partial charge in [-0.25, -0.2) is 4.72 Å². The topological polar surface area (TPSA) is 64.7 Å². The van der Waals surface area contributed by atoms with Gasteiger partial charge < -0.3 is 10.2 Å². The number of benzene rings is 1. The van der Waals surface area contributed by atoms with Crippen molar-refractivity contribution in [2.75, 3.05) is 51.2 Å². The van der Waals surface area contributed by atoms with Crippen molar-refractivity contribution in [3.63, 3.8) is 0 Å². The quantitative estimate of drug-likeness (QED) is 0.709. The minimum absolute atomic E-state index is 0.462. The molecule has 1 saturated heterocycles. The first-order valence-electron chi connectivity index (χ1n) is 7.31. The highest BCUT2D eigenvalue weighted by molar-refractivity contribution is 7.87. The van der Waals surface area contributed by atoms with E-state index < -0.39 is 10.2 Å². The summed E-state index contributed by atoms with van der Waals surface area (Å²) >= 11 is 0. The highest BCUT2D eigenvalue weighted by atomic mass is 32.2. The van der Waals surface area contributed by atoms with E-state index in [1.165, 1.54) is 4.31 Å². The van der Waals surface area contributed by atoms with E-state index in [0.29, 0.717) is 19.6 Å². The van der Waals surface area contributed by atoms with Crippen molar-refractivity contribution in [3.05, 3.63) is 30.3 Å². The van der Waals surface area contributed by atoms with E-state index >= 15 is 0 Å². The third-order valence-corrected chi connectivity index (χ3v) is 5.18. The van der Waals surface area contributed by atoms with Crippen LogP contribution in [0.25, 0.3) is 0 Å². The number of nitrogens with zero attached hydrogens (tertiary/aromatic N) is 2. The highest BCUT2D eigenvalue weighted by Gasteiger charge is 2.22. The van der Waals surface area contributed by atoms with Crippen molar-refractivity contribution in [2.24, 2.45) is 0 Å². The molecule has 0 amide bonds. The average molecular weight is 312 g/mol. The van der Waals surface area contributed by atoms with Crippen LogP contribution in [0.15, 0.2) is 30.3 Å². The molecule has 6 nitrogen and oxygen atoms in total. The number of piperazine rings is 1. The largest absolute Gasteiger partial charge is 0.375 e. The van der Waals surface area contributed by atoms with E-state index in [1.54, 1.807) is 0 Å². The van der Waals surface area contributed by atoms with Gasteiger partial charge in [0.05, 0.1) is 0 Å². The number of hydrogen-bond donors (Lipinski definition) is 2. The van der Waals surface area contributed by atoms with E-state index in [-0.39, 0.29) is 0 Å². The predicted molar refractivity (Wildman–Crippen MR) is 85.7 cm³/mol. The summed E-state index contributed by atoms with van der Waals surface area (Å²) in [6.45, 7) is 3.80. The Balaban J connectivity index is 1.71. The molecule has 2 N–H and O–H groups in total. The molecule has 118 valence electrons. The SMILES string of the molecule is CN(CCCNS(=O)(=O)N1CCNCC1)c1ccccc1. The zero-order chi connectivity index (χ0) is 15.1. The summed E-state index contributed by atoms with van der Waals surface area (Å²) in [7, 11) is -1.31. The fourth-order valence-electron chi connectivity index (χ4n) is 2.30. The lowest BCUT2D eigenvalue weighted by Crippen LogP contribution is -2.50. The molecule has 1 aliphatic heterocycles. The first-order chi connectivity index (χ1) is 10.1. The Labute approximate surface area is 127 Å². The first-order valence-corrected chi connectivity index (χ1v) is 8.75. The van der Waals surface area contributed by atoms with Crippen molar-refractivity contribution in [1.29, 1.82) is 0 Å². The molecule has 1 fully saturated rings. The van der Waals surface area contributed by atoms with Gasteiger partial charge in [-0.3, -0.25) is 0 Å². The van der Waals surface area contributed by atoms with Crippen LogP contribution in [-0.4, -0.2) is 59.0 Å². The van der Waals surface area contributed by atoms with Gasteiger partial charge in [-0.2, -0.15) is 12.7 Å². The van der Waals surface area contributed by atoms with Crippen LogP contribution in [0.5, 0.6) is 0 Å². The molecule has 1 aromatic carbocycles. The lowest BCUT2D eigenvalue weighted by Gasteiger charge is -2.27. The van der Waals surface area contributed by atoms with Gasteiger partial charge in [0.15, 0.2) is 0 Å². The van der Waals surface area contributed by atoms with Gasteiger partial charge in [-0.1, -0.05) is 18.2 Å². The zero-order valence-corrected chi connectivity index (χ0v) is 13.3. The van der Waals surface area contributed by atoms with Crippen molar-refractivity contribution in [2.45, 2.75) is 6.42 Å². The summed E-state index contributed by atoms with van der Waals surface area (Å²) in [5, 5.41) is 3.15. The highest BCUT2D eigenvalue weighted by Crippen LogP contribution is 2.10. The Hall–Kier alpha value is -1.15. The van der Waals surface area contributed by atoms with Crippen molar-refractivity contribution in [3.8, 4) is 0 Å². The Morgan fingerprint density at radius 1 is 1.24 bits per heavy atom. The second kappa shape index (κ2) is 7.74. The third-order valence-electron chi connectivity index (χ3n) is 3.57. The summed E-state index contributed by atoms with van der Waals surface area (Å²) in [6, 6.07) is 10.1. The lowest BCUT2D eigenvalue weighted by atomic mass is 10.3. The summed E-state index contributed by atoms with van der Waals surface area (Å²) in [5.74, 6) is 0. The number of para-hydroxylation sites is 1. The van der Waals surface area contributed by atoms with E-state index in [1.807, 2.05) is 37.4 Å². The van der Waals surface area contributed by atoms with Gasteiger partial charge in [-0.15, -0.1) is 0 Å². The molecule has 0 aromatic heterocycles. The van der Waals surface area contributed by atoms with Crippen LogP contribution in [-0.2, 0) is 10.2 Å². The molecule has 7 heteroatoms. The summed E-state index contributed by atoms with van der Waals surface area (Å²) in [6.07, 6.45) is 0.775. The normalized spacial score (nSPS) is 16.8. The van der Waals surface area contributed by atoms with Crippen molar-refractivity contribution in [1.82, 2.24) is 14.3 Å². The Morgan fingerprint density at radius 2 is 1.90 bits per heavy atom. The van der Waals surface area contributed by atoms with Crippen molar-refractivity contribution < 1.29 is 8.42 Å². The smallest absolute Gasteiger partial charge is 0.279 e. The van der Waals surface area contributed by atoms with Crippen molar-refractivity contribution >= 4 is 15.9 Å². The van der Waals surface area contributed by atoms with Crippen LogP contribution >= 0.6 is 0 Å². The van der Waals surface area contributed by atoms with Crippen LogP contribution in [0.2, 0.25) is 0 Å². The molecule has 0 unspecified atom stereocenters. The first kappa shape index (κ1) is 16.2. The molecule has 0 spiro atoms. The maximum atomic E-state index is 12.1. The second-order valence-electron chi connectivity index (χ2n) is 5.16. The summed E-state index contributed by atoms with van der Waals surface area (Å²) in [5.41, 5.74) is 1.14. The summed E-state index contributed by atoms with van der Waals surface area (Å²) < 4.78 is 28.3. The van der Waals surface area contributed by atoms with Gasteiger partial charge in [0, 0.05) is 52.0 Å². The molecular formula is C14H24N4O2S. The number of anilines is 1. The number of rotatable bonds is 7. The van der Waals surface area contributed by atoms with E-state index in [2.05, 4.69) is 14.9 Å². The number of hydrogen-bond acceptors (Lipinski definition) is 4. The molecule has 1 aromatic rings. The van der Waals surface area contributed by atoms with E-state index in [4.69, 9.17) is 0 Å². The Kier molecular flexibility index (Phi) is 5.98. The van der Waals surface area contributed by atoms with Crippen LogP contribution in [0.4, 0.5) is 5.69 Å². The fraction of sp³-hybridized carbons (Fsp3) is 0.571. The molecule has 0 aliphatic carbocycles. The molecular weight excluding hydrogens is 288 g/mol. The molecule has 1 heterocycles. The molecule has 21 heavy (non-hydrogen) atoms. The molecule has 1 aliphatic rings. The van der Waals surface area contributed by atoms with Gasteiger partial charge in [0.25, 0.3) is 10.2 Å². The Morgan fingerprint density at radius 3 is 2.57 bits per heavy atom. The maximum Gasteiger partial charge on any atom is 0.279 e. The fourth-order valence-corrected chi connectivity index (χ4v) is 3.55. The molecule has 0 atom stereocenters. The lowest BCUT2D eigenvalue weighted by molar-refractivity contribution is 0.355. The standard InChI is InChI=1S/C14H24N4O2S/c1-17(14-6-3-2-4-7-14)11-5-8-16-21(19,20)18-12-9-15-10-13-18/h2-4,6-7,15-16H,5,8-13H2,1H3. The molecule has 0 saturated carbocycles. The number of nitrogens with one attached hydrogen (secondary N) is 2. The van der Waals surface area contributed by atoms with Gasteiger partial charge in [0.2, 0.25) is 0 Å². The minimum Gasteiger partial charge on any atom is -0.375 e. The molecule has 0 radical (unpaired) electrons. The van der Waals surface area contributed by atoms with Crippen LogP contribution in [0.3, 0.4) is 0 Å². The van der Waals surface area contributed by atoms with Gasteiger partial charge in [-0.05, 0) is 18.6 Å². The van der Waals surface area contributed by atoms with Crippen LogP contribution in [0.1, 0.15) is 6.42 Å². The van der Waals surface area contributed by atoms with Gasteiger partial charge >= 0.3 is 0 Å². The third kappa shape index (κ3) is 4.96. The van der Waals surface area contributed by atoms with E-state index in [9.17, 15) is 8.42 Å². The molecule has 2 rings (SSSR count). The van der Waals surface area contributed by atoms with E-state index in [0.717, 1.165) is 31.7 Å². The predicted octanol–water partition coefficient (Wildman–Crippen LogP) is 0.253. The Bertz CT molecular complexity index is 515. The van der Waals surface area contributed by atoms with Crippen LogP contribution < -0.4 is 14.9 Å². The average Bonchev–Trinajstić information content (AvgIpc) is 2.53. The minimum atomic E-state index is -3.32. The second-order valence-corrected chi connectivity index (χ2v) is 6.91. The van der Waals surface area contributed by atoms with Gasteiger partial charge in [0.1, 0.15) is 0 Å². The maximum absolute atomic E-state index is 12.1.